The maximum atomic E-state index is 4.62. The van der Waals surface area contributed by atoms with E-state index in [1.54, 1.807) is 7.11 Å². The van der Waals surface area contributed by atoms with E-state index in [0.717, 1.165) is 0 Å². The minimum atomic E-state index is 0.530. The highest BCUT2D eigenvalue weighted by Crippen LogP contribution is 1.88. The summed E-state index contributed by atoms with van der Waals surface area (Å²) in [5.74, 6) is 0.530. The topological polar surface area (TPSA) is 18.5 Å². The number of allylic oxidation sites excluding steroid dienone is 1. The monoisotopic (exact) mass is 101 g/mol. The highest BCUT2D eigenvalue weighted by atomic mass is 16.5. The molecular weight excluding hydrogens is 92.1 g/mol. The fourth-order valence-electron chi connectivity index (χ4n) is 0.180. The predicted molar refractivity (Wildman–Crippen MR) is 27.5 cm³/mol. The molecule has 0 aromatic rings. The minimum absolute atomic E-state index is 0.530. The third-order valence-electron chi connectivity index (χ3n) is 0.511. The van der Waals surface area contributed by atoms with Gasteiger partial charge in [0.2, 0.25) is 0 Å². The van der Waals surface area contributed by atoms with Crippen molar-refractivity contribution < 1.29 is 9.47 Å². The standard InChI is InChI=1S/C5H9O2/c1-5(7-3)4-6-2/h4H,1H2,2-3H3. The first-order valence-electron chi connectivity index (χ1n) is 1.90. The van der Waals surface area contributed by atoms with Crippen molar-refractivity contribution in [3.63, 3.8) is 0 Å². The van der Waals surface area contributed by atoms with Crippen molar-refractivity contribution in [3.8, 4) is 0 Å². The Morgan fingerprint density at radius 3 is 2.29 bits per heavy atom. The Morgan fingerprint density at radius 2 is 2.14 bits per heavy atom. The van der Waals surface area contributed by atoms with Crippen LogP contribution in [0.3, 0.4) is 0 Å². The molecule has 0 rings (SSSR count). The second-order valence-corrected chi connectivity index (χ2v) is 1.02. The number of ether oxygens (including phenoxy) is 2. The van der Waals surface area contributed by atoms with Crippen LogP contribution in [0.1, 0.15) is 0 Å². The summed E-state index contributed by atoms with van der Waals surface area (Å²) in [5, 5.41) is 0. The second-order valence-electron chi connectivity index (χ2n) is 1.02. The van der Waals surface area contributed by atoms with Gasteiger partial charge in [0, 0.05) is 6.92 Å². The fraction of sp³-hybridized carbons (Fsp3) is 0.400. The van der Waals surface area contributed by atoms with Crippen LogP contribution in [0.15, 0.2) is 12.0 Å². The summed E-state index contributed by atoms with van der Waals surface area (Å²) in [6, 6.07) is 0. The van der Waals surface area contributed by atoms with E-state index < -0.39 is 0 Å². The van der Waals surface area contributed by atoms with Crippen molar-refractivity contribution in [3.05, 3.63) is 18.9 Å². The summed E-state index contributed by atoms with van der Waals surface area (Å²) in [6.45, 7) is 3.46. The molecule has 0 saturated heterocycles. The number of hydrogen-bond donors (Lipinski definition) is 0. The van der Waals surface area contributed by atoms with Gasteiger partial charge in [-0.2, -0.15) is 0 Å². The molecule has 7 heavy (non-hydrogen) atoms. The van der Waals surface area contributed by atoms with E-state index in [0.29, 0.717) is 5.76 Å². The zero-order chi connectivity index (χ0) is 5.70. The van der Waals surface area contributed by atoms with Crippen LogP contribution in [-0.2, 0) is 9.47 Å². The van der Waals surface area contributed by atoms with E-state index in [1.165, 1.54) is 13.4 Å². The van der Waals surface area contributed by atoms with Gasteiger partial charge in [0.25, 0.3) is 0 Å². The molecule has 0 atom stereocenters. The Labute approximate surface area is 43.7 Å². The minimum Gasteiger partial charge on any atom is -0.501 e. The molecule has 0 fully saturated rings. The molecule has 41 valence electrons. The van der Waals surface area contributed by atoms with Gasteiger partial charge in [-0.3, -0.25) is 0 Å². The van der Waals surface area contributed by atoms with Crippen molar-refractivity contribution >= 4 is 0 Å². The molecule has 0 aliphatic carbocycles. The Hall–Kier alpha value is -0.660. The molecule has 0 aromatic carbocycles. The van der Waals surface area contributed by atoms with Crippen molar-refractivity contribution in [2.45, 2.75) is 0 Å². The largest absolute Gasteiger partial charge is 0.501 e. The first-order chi connectivity index (χ1) is 3.31. The van der Waals surface area contributed by atoms with Crippen LogP contribution < -0.4 is 0 Å². The summed E-state index contributed by atoms with van der Waals surface area (Å²) in [4.78, 5) is 0. The van der Waals surface area contributed by atoms with Gasteiger partial charge < -0.3 is 9.47 Å². The van der Waals surface area contributed by atoms with Gasteiger partial charge in [-0.05, 0) is 0 Å². The van der Waals surface area contributed by atoms with Crippen LogP contribution in [-0.4, -0.2) is 14.2 Å². The first kappa shape index (κ1) is 6.34. The molecule has 2 nitrogen and oxygen atoms in total. The van der Waals surface area contributed by atoms with Crippen LogP contribution in [0.25, 0.3) is 0 Å². The predicted octanol–water partition coefficient (Wildman–Crippen LogP) is 0.955. The average molecular weight is 101 g/mol. The van der Waals surface area contributed by atoms with Crippen LogP contribution in [0, 0.1) is 6.92 Å². The molecule has 0 aliphatic rings. The summed E-state index contributed by atoms with van der Waals surface area (Å²) >= 11 is 0. The molecule has 0 bridgehead atoms. The Bertz CT molecular complexity index is 66.5. The molecule has 0 amide bonds. The molecule has 0 unspecified atom stereocenters. The van der Waals surface area contributed by atoms with Crippen molar-refractivity contribution in [2.75, 3.05) is 14.2 Å². The summed E-state index contributed by atoms with van der Waals surface area (Å²) < 4.78 is 9.16. The van der Waals surface area contributed by atoms with Gasteiger partial charge in [-0.25, -0.2) is 0 Å². The highest BCUT2D eigenvalue weighted by Gasteiger charge is 1.77. The number of hydrogen-bond acceptors (Lipinski definition) is 2. The van der Waals surface area contributed by atoms with Crippen LogP contribution in [0.4, 0.5) is 0 Å². The molecule has 0 aromatic heterocycles. The normalized spacial score (nSPS) is 11.0. The smallest absolute Gasteiger partial charge is 0.130 e. The van der Waals surface area contributed by atoms with Gasteiger partial charge in [0.15, 0.2) is 0 Å². The van der Waals surface area contributed by atoms with Crippen molar-refractivity contribution in [1.29, 1.82) is 0 Å². The molecule has 0 spiro atoms. The van der Waals surface area contributed by atoms with Crippen LogP contribution >= 0.6 is 0 Å². The summed E-state index contributed by atoms with van der Waals surface area (Å²) in [7, 11) is 3.09. The lowest BCUT2D eigenvalue weighted by Gasteiger charge is -1.94. The zero-order valence-electron chi connectivity index (χ0n) is 4.60. The van der Waals surface area contributed by atoms with E-state index in [9.17, 15) is 0 Å². The number of rotatable bonds is 2. The van der Waals surface area contributed by atoms with E-state index in [4.69, 9.17) is 0 Å². The molecule has 0 aliphatic heterocycles. The van der Waals surface area contributed by atoms with Gasteiger partial charge in [-0.1, -0.05) is 0 Å². The Morgan fingerprint density at radius 1 is 1.57 bits per heavy atom. The van der Waals surface area contributed by atoms with Gasteiger partial charge in [-0.15, -0.1) is 0 Å². The molecule has 0 heterocycles. The number of methoxy groups -OCH3 is 2. The SMILES string of the molecule is [CH2]C(=COC)OC. The average Bonchev–Trinajstić information content (AvgIpc) is 1.68. The van der Waals surface area contributed by atoms with E-state index >= 15 is 0 Å². The lowest BCUT2D eigenvalue weighted by Crippen LogP contribution is -1.79. The van der Waals surface area contributed by atoms with Gasteiger partial charge in [0.1, 0.15) is 12.0 Å². The second kappa shape index (κ2) is 3.53. The quantitative estimate of drug-likeness (QED) is 0.482. The van der Waals surface area contributed by atoms with Crippen molar-refractivity contribution in [2.24, 2.45) is 0 Å². The van der Waals surface area contributed by atoms with Gasteiger partial charge >= 0.3 is 0 Å². The molecule has 2 heteroatoms. The third kappa shape index (κ3) is 3.16. The van der Waals surface area contributed by atoms with E-state index in [-0.39, 0.29) is 0 Å². The van der Waals surface area contributed by atoms with Crippen molar-refractivity contribution in [1.82, 2.24) is 0 Å². The zero-order valence-corrected chi connectivity index (χ0v) is 4.60. The maximum Gasteiger partial charge on any atom is 0.130 e. The first-order valence-corrected chi connectivity index (χ1v) is 1.90. The van der Waals surface area contributed by atoms with E-state index in [2.05, 4.69) is 16.4 Å². The lowest BCUT2D eigenvalue weighted by molar-refractivity contribution is 0.260. The summed E-state index contributed by atoms with van der Waals surface area (Å²) in [6.07, 6.45) is 1.43. The Kier molecular flexibility index (Phi) is 3.19. The lowest BCUT2D eigenvalue weighted by atomic mass is 10.6. The molecule has 1 radical (unpaired) electrons. The Balaban J connectivity index is 3.29. The fourth-order valence-corrected chi connectivity index (χ4v) is 0.180. The highest BCUT2D eigenvalue weighted by molar-refractivity contribution is 4.89. The molecular formula is C5H9O2. The molecule has 0 N–H and O–H groups in total. The van der Waals surface area contributed by atoms with Gasteiger partial charge in [0.05, 0.1) is 14.2 Å². The molecule has 0 saturated carbocycles. The van der Waals surface area contributed by atoms with E-state index in [1.807, 2.05) is 0 Å². The third-order valence-corrected chi connectivity index (χ3v) is 0.511. The summed E-state index contributed by atoms with van der Waals surface area (Å²) in [5.41, 5.74) is 0. The van der Waals surface area contributed by atoms with Crippen LogP contribution in [0.5, 0.6) is 0 Å². The van der Waals surface area contributed by atoms with Crippen LogP contribution in [0.2, 0.25) is 0 Å². The maximum absolute atomic E-state index is 4.62.